The molecule has 1 aromatic heterocycles. The molecule has 1 N–H and O–H groups in total. The van der Waals surface area contributed by atoms with E-state index in [2.05, 4.69) is 31.1 Å². The Morgan fingerprint density at radius 2 is 2.04 bits per heavy atom. The minimum absolute atomic E-state index is 0.0752. The summed E-state index contributed by atoms with van der Waals surface area (Å²) in [5.41, 5.74) is 1.36. The van der Waals surface area contributed by atoms with Crippen LogP contribution >= 0.6 is 11.3 Å². The lowest BCUT2D eigenvalue weighted by Crippen LogP contribution is -2.43. The summed E-state index contributed by atoms with van der Waals surface area (Å²) in [6.45, 7) is 6.95. The molecule has 7 nitrogen and oxygen atoms in total. The second kappa shape index (κ2) is 7.09. The SMILES string of the molecule is CC(C)(C)c1csc(NC(=O)C2CCCN2C(=O)c2ccc3c(c2)OCO3)n1. The zero-order valence-corrected chi connectivity index (χ0v) is 17.0. The number of anilines is 1. The van der Waals surface area contributed by atoms with Crippen LogP contribution in [0.1, 0.15) is 49.7 Å². The Morgan fingerprint density at radius 1 is 1.25 bits per heavy atom. The van der Waals surface area contributed by atoms with Crippen LogP contribution in [0.4, 0.5) is 5.13 Å². The number of fused-ring (bicyclic) bond motifs is 1. The molecule has 1 saturated heterocycles. The molecule has 3 heterocycles. The summed E-state index contributed by atoms with van der Waals surface area (Å²) < 4.78 is 10.6. The fourth-order valence-corrected chi connectivity index (χ4v) is 4.28. The van der Waals surface area contributed by atoms with Crippen molar-refractivity contribution in [3.63, 3.8) is 0 Å². The first-order valence-electron chi connectivity index (χ1n) is 9.30. The first-order valence-corrected chi connectivity index (χ1v) is 10.2. The Labute approximate surface area is 167 Å². The van der Waals surface area contributed by atoms with Gasteiger partial charge in [-0.2, -0.15) is 0 Å². The first kappa shape index (κ1) is 18.7. The van der Waals surface area contributed by atoms with Gasteiger partial charge in [-0.1, -0.05) is 20.8 Å². The normalized spacial score (nSPS) is 18.4. The van der Waals surface area contributed by atoms with E-state index in [0.717, 1.165) is 12.1 Å². The van der Waals surface area contributed by atoms with Gasteiger partial charge in [0.1, 0.15) is 6.04 Å². The number of nitrogens with one attached hydrogen (secondary N) is 1. The highest BCUT2D eigenvalue weighted by atomic mass is 32.1. The second-order valence-corrected chi connectivity index (χ2v) is 8.86. The number of likely N-dealkylation sites (tertiary alicyclic amines) is 1. The molecule has 2 aromatic rings. The summed E-state index contributed by atoms with van der Waals surface area (Å²) in [5.74, 6) is 0.820. The molecule has 2 amide bonds. The summed E-state index contributed by atoms with van der Waals surface area (Å²) in [4.78, 5) is 32.0. The van der Waals surface area contributed by atoms with Crippen molar-refractivity contribution in [3.8, 4) is 11.5 Å². The third-order valence-electron chi connectivity index (χ3n) is 4.94. The van der Waals surface area contributed by atoms with Gasteiger partial charge in [0.15, 0.2) is 16.6 Å². The van der Waals surface area contributed by atoms with Crippen molar-refractivity contribution >= 4 is 28.3 Å². The van der Waals surface area contributed by atoms with Crippen LogP contribution in [0.25, 0.3) is 0 Å². The highest BCUT2D eigenvalue weighted by molar-refractivity contribution is 7.14. The maximum atomic E-state index is 13.0. The van der Waals surface area contributed by atoms with E-state index in [1.807, 2.05) is 5.38 Å². The standard InChI is InChI=1S/C20H23N3O4S/c1-20(2,3)16-10-28-19(21-16)22-17(24)13-5-4-8-23(13)18(25)12-6-7-14-15(9-12)27-11-26-14/h6-7,9-10,13H,4-5,8,11H2,1-3H3,(H,21,22,24). The molecule has 1 fully saturated rings. The van der Waals surface area contributed by atoms with Crippen molar-refractivity contribution in [3.05, 3.63) is 34.8 Å². The molecular weight excluding hydrogens is 378 g/mol. The molecular formula is C20H23N3O4S. The minimum Gasteiger partial charge on any atom is -0.454 e. The number of amides is 2. The van der Waals surface area contributed by atoms with E-state index in [1.165, 1.54) is 11.3 Å². The van der Waals surface area contributed by atoms with Crippen LogP contribution in [0.15, 0.2) is 23.6 Å². The van der Waals surface area contributed by atoms with Crippen LogP contribution in [-0.4, -0.2) is 41.1 Å². The predicted molar refractivity (Wildman–Crippen MR) is 106 cm³/mol. The minimum atomic E-state index is -0.500. The maximum absolute atomic E-state index is 13.0. The third kappa shape index (κ3) is 3.56. The highest BCUT2D eigenvalue weighted by Gasteiger charge is 2.35. The van der Waals surface area contributed by atoms with E-state index in [0.29, 0.717) is 35.2 Å². The van der Waals surface area contributed by atoms with E-state index in [4.69, 9.17) is 9.47 Å². The Hall–Kier alpha value is -2.61. The molecule has 0 bridgehead atoms. The van der Waals surface area contributed by atoms with Crippen LogP contribution in [0, 0.1) is 0 Å². The molecule has 1 atom stereocenters. The largest absolute Gasteiger partial charge is 0.454 e. The molecule has 1 aromatic carbocycles. The van der Waals surface area contributed by atoms with E-state index >= 15 is 0 Å². The van der Waals surface area contributed by atoms with Crippen LogP contribution in [0.2, 0.25) is 0 Å². The number of benzene rings is 1. The molecule has 0 aliphatic carbocycles. The van der Waals surface area contributed by atoms with Crippen molar-refractivity contribution in [1.29, 1.82) is 0 Å². The number of hydrogen-bond acceptors (Lipinski definition) is 6. The molecule has 0 spiro atoms. The predicted octanol–water partition coefficient (Wildman–Crippen LogP) is 3.41. The quantitative estimate of drug-likeness (QED) is 0.852. The van der Waals surface area contributed by atoms with Crippen molar-refractivity contribution in [2.45, 2.75) is 45.1 Å². The molecule has 2 aliphatic rings. The zero-order valence-electron chi connectivity index (χ0n) is 16.2. The first-order chi connectivity index (χ1) is 13.3. The average Bonchev–Trinajstić information content (AvgIpc) is 3.39. The van der Waals surface area contributed by atoms with Crippen molar-refractivity contribution in [2.24, 2.45) is 0 Å². The molecule has 4 rings (SSSR count). The molecule has 0 saturated carbocycles. The van der Waals surface area contributed by atoms with Crippen molar-refractivity contribution in [2.75, 3.05) is 18.7 Å². The number of nitrogens with zero attached hydrogens (tertiary/aromatic N) is 2. The lowest BCUT2D eigenvalue weighted by molar-refractivity contribution is -0.119. The summed E-state index contributed by atoms with van der Waals surface area (Å²) in [6.07, 6.45) is 1.43. The van der Waals surface area contributed by atoms with Crippen molar-refractivity contribution < 1.29 is 19.1 Å². The topological polar surface area (TPSA) is 80.8 Å². The number of rotatable bonds is 3. The second-order valence-electron chi connectivity index (χ2n) is 8.00. The van der Waals surface area contributed by atoms with Gasteiger partial charge >= 0.3 is 0 Å². The maximum Gasteiger partial charge on any atom is 0.254 e. The lowest BCUT2D eigenvalue weighted by Gasteiger charge is -2.23. The van der Waals surface area contributed by atoms with Crippen LogP contribution in [0.5, 0.6) is 11.5 Å². The number of ether oxygens (including phenoxy) is 2. The van der Waals surface area contributed by atoms with Crippen molar-refractivity contribution in [1.82, 2.24) is 9.88 Å². The highest BCUT2D eigenvalue weighted by Crippen LogP contribution is 2.34. The number of hydrogen-bond donors (Lipinski definition) is 1. The summed E-state index contributed by atoms with van der Waals surface area (Å²) in [7, 11) is 0. The van der Waals surface area contributed by atoms with Gasteiger partial charge in [-0.25, -0.2) is 4.98 Å². The fraction of sp³-hybridized carbons (Fsp3) is 0.450. The lowest BCUT2D eigenvalue weighted by atomic mass is 9.93. The van der Waals surface area contributed by atoms with E-state index < -0.39 is 6.04 Å². The fourth-order valence-electron chi connectivity index (χ4n) is 3.34. The Bertz CT molecular complexity index is 918. The Morgan fingerprint density at radius 3 is 2.79 bits per heavy atom. The summed E-state index contributed by atoms with van der Waals surface area (Å²) in [5, 5.41) is 5.41. The van der Waals surface area contributed by atoms with Gasteiger partial charge in [0.05, 0.1) is 5.69 Å². The number of carbonyl (C=O) groups excluding carboxylic acids is 2. The van der Waals surface area contributed by atoms with E-state index in [-0.39, 0.29) is 24.0 Å². The van der Waals surface area contributed by atoms with Gasteiger partial charge in [-0.15, -0.1) is 11.3 Å². The van der Waals surface area contributed by atoms with Gasteiger partial charge in [0.2, 0.25) is 12.7 Å². The van der Waals surface area contributed by atoms with E-state index in [1.54, 1.807) is 23.1 Å². The number of aromatic nitrogens is 1. The van der Waals surface area contributed by atoms with Crippen LogP contribution in [-0.2, 0) is 10.2 Å². The molecule has 0 radical (unpaired) electrons. The molecule has 1 unspecified atom stereocenters. The molecule has 2 aliphatic heterocycles. The molecule has 28 heavy (non-hydrogen) atoms. The van der Waals surface area contributed by atoms with Gasteiger partial charge in [-0.3, -0.25) is 9.59 Å². The van der Waals surface area contributed by atoms with Gasteiger partial charge in [-0.05, 0) is 31.0 Å². The van der Waals surface area contributed by atoms with Gasteiger partial charge < -0.3 is 19.7 Å². The van der Waals surface area contributed by atoms with Gasteiger partial charge in [0, 0.05) is 22.9 Å². The zero-order chi connectivity index (χ0) is 19.9. The monoisotopic (exact) mass is 401 g/mol. The van der Waals surface area contributed by atoms with Crippen LogP contribution < -0.4 is 14.8 Å². The summed E-state index contributed by atoms with van der Waals surface area (Å²) in [6, 6.07) is 4.61. The average molecular weight is 401 g/mol. The number of carbonyl (C=O) groups is 2. The molecule has 148 valence electrons. The number of thiazole rings is 1. The molecule has 8 heteroatoms. The smallest absolute Gasteiger partial charge is 0.254 e. The summed E-state index contributed by atoms with van der Waals surface area (Å²) >= 11 is 1.41. The Balaban J connectivity index is 1.47. The Kier molecular flexibility index (Phi) is 4.74. The van der Waals surface area contributed by atoms with Crippen LogP contribution in [0.3, 0.4) is 0 Å². The van der Waals surface area contributed by atoms with Gasteiger partial charge in [0.25, 0.3) is 5.91 Å². The third-order valence-corrected chi connectivity index (χ3v) is 5.70. The van der Waals surface area contributed by atoms with E-state index in [9.17, 15) is 9.59 Å².